The molecule has 1 heterocycles. The summed E-state index contributed by atoms with van der Waals surface area (Å²) in [5.41, 5.74) is 3.81. The number of benzene rings is 2. The van der Waals surface area contributed by atoms with Gasteiger partial charge in [0.2, 0.25) is 0 Å². The van der Waals surface area contributed by atoms with E-state index < -0.39 is 0 Å². The molecular formula is C18H14S. The molecule has 0 aliphatic rings. The van der Waals surface area contributed by atoms with E-state index in [-0.39, 0.29) is 0 Å². The molecule has 1 aromatic heterocycles. The summed E-state index contributed by atoms with van der Waals surface area (Å²) in [7, 11) is 0. The van der Waals surface area contributed by atoms with E-state index in [9.17, 15) is 0 Å². The van der Waals surface area contributed by atoms with Gasteiger partial charge in [-0.3, -0.25) is 0 Å². The molecule has 0 unspecified atom stereocenters. The molecule has 1 heteroatoms. The van der Waals surface area contributed by atoms with Crippen LogP contribution in [0, 0.1) is 0 Å². The number of hydrogen-bond donors (Lipinski definition) is 0. The van der Waals surface area contributed by atoms with Crippen LogP contribution in [0.5, 0.6) is 0 Å². The van der Waals surface area contributed by atoms with Gasteiger partial charge in [-0.2, -0.15) is 0 Å². The SMILES string of the molecule is C(=C/c1sccc1-c1ccccc1)/c1ccccc1. The Morgan fingerprint density at radius 1 is 0.684 bits per heavy atom. The first-order chi connectivity index (χ1) is 9.43. The maximum atomic E-state index is 2.20. The summed E-state index contributed by atoms with van der Waals surface area (Å²) in [5, 5.41) is 2.15. The largest absolute Gasteiger partial charge is 0.144 e. The molecule has 0 spiro atoms. The van der Waals surface area contributed by atoms with Crippen molar-refractivity contribution >= 4 is 23.5 Å². The van der Waals surface area contributed by atoms with Crippen LogP contribution < -0.4 is 0 Å². The fourth-order valence-electron chi connectivity index (χ4n) is 2.04. The van der Waals surface area contributed by atoms with Crippen molar-refractivity contribution in [1.82, 2.24) is 0 Å². The minimum atomic E-state index is 1.23. The van der Waals surface area contributed by atoms with Crippen molar-refractivity contribution in [2.75, 3.05) is 0 Å². The van der Waals surface area contributed by atoms with Crippen LogP contribution in [0.1, 0.15) is 10.4 Å². The smallest absolute Gasteiger partial charge is 0.0348 e. The lowest BCUT2D eigenvalue weighted by atomic mass is 10.1. The van der Waals surface area contributed by atoms with Gasteiger partial charge in [0.25, 0.3) is 0 Å². The third-order valence-electron chi connectivity index (χ3n) is 3.01. The van der Waals surface area contributed by atoms with Crippen LogP contribution in [0.3, 0.4) is 0 Å². The molecular weight excluding hydrogens is 248 g/mol. The van der Waals surface area contributed by atoms with Crippen molar-refractivity contribution in [3.63, 3.8) is 0 Å². The summed E-state index contributed by atoms with van der Waals surface area (Å²) in [6, 6.07) is 23.1. The third-order valence-corrected chi connectivity index (χ3v) is 3.89. The van der Waals surface area contributed by atoms with Crippen LogP contribution in [0.4, 0.5) is 0 Å². The molecule has 0 saturated heterocycles. The van der Waals surface area contributed by atoms with Gasteiger partial charge in [-0.25, -0.2) is 0 Å². The summed E-state index contributed by atoms with van der Waals surface area (Å²) in [6.45, 7) is 0. The highest BCUT2D eigenvalue weighted by molar-refractivity contribution is 7.11. The molecule has 0 radical (unpaired) electrons. The fraction of sp³-hybridized carbons (Fsp3) is 0. The van der Waals surface area contributed by atoms with E-state index in [4.69, 9.17) is 0 Å². The summed E-state index contributed by atoms with van der Waals surface area (Å²) in [4.78, 5) is 1.30. The molecule has 19 heavy (non-hydrogen) atoms. The van der Waals surface area contributed by atoms with Crippen molar-refractivity contribution in [3.8, 4) is 11.1 Å². The zero-order valence-electron chi connectivity index (χ0n) is 10.5. The molecule has 3 rings (SSSR count). The molecule has 3 aromatic rings. The van der Waals surface area contributed by atoms with Crippen molar-refractivity contribution in [1.29, 1.82) is 0 Å². The van der Waals surface area contributed by atoms with Gasteiger partial charge in [-0.05, 0) is 34.2 Å². The van der Waals surface area contributed by atoms with E-state index in [1.54, 1.807) is 11.3 Å². The minimum absolute atomic E-state index is 1.23. The fourth-order valence-corrected chi connectivity index (χ4v) is 2.85. The van der Waals surface area contributed by atoms with Crippen LogP contribution in [-0.2, 0) is 0 Å². The first kappa shape index (κ1) is 11.9. The van der Waals surface area contributed by atoms with Crippen LogP contribution in [-0.4, -0.2) is 0 Å². The molecule has 0 nitrogen and oxygen atoms in total. The van der Waals surface area contributed by atoms with E-state index in [0.717, 1.165) is 0 Å². The van der Waals surface area contributed by atoms with Crippen LogP contribution in [0.15, 0.2) is 72.1 Å². The van der Waals surface area contributed by atoms with Crippen LogP contribution >= 0.6 is 11.3 Å². The molecule has 0 bridgehead atoms. The highest BCUT2D eigenvalue weighted by Crippen LogP contribution is 2.29. The van der Waals surface area contributed by atoms with Gasteiger partial charge in [0.1, 0.15) is 0 Å². The van der Waals surface area contributed by atoms with Gasteiger partial charge in [-0.1, -0.05) is 66.7 Å². The number of hydrogen-bond acceptors (Lipinski definition) is 1. The molecule has 0 fully saturated rings. The molecule has 0 aliphatic heterocycles. The Balaban J connectivity index is 1.91. The Bertz CT molecular complexity index is 663. The maximum Gasteiger partial charge on any atom is 0.0348 e. The molecule has 0 saturated carbocycles. The minimum Gasteiger partial charge on any atom is -0.144 e. The number of thiophene rings is 1. The Kier molecular flexibility index (Phi) is 3.57. The van der Waals surface area contributed by atoms with E-state index in [1.807, 2.05) is 6.07 Å². The van der Waals surface area contributed by atoms with E-state index in [1.165, 1.54) is 21.6 Å². The van der Waals surface area contributed by atoms with Crippen LogP contribution in [0.2, 0.25) is 0 Å². The average Bonchev–Trinajstić information content (AvgIpc) is 2.95. The Hall–Kier alpha value is -2.12. The Morgan fingerprint density at radius 3 is 2.11 bits per heavy atom. The van der Waals surface area contributed by atoms with E-state index >= 15 is 0 Å². The molecule has 0 aliphatic carbocycles. The topological polar surface area (TPSA) is 0 Å². The van der Waals surface area contributed by atoms with Gasteiger partial charge >= 0.3 is 0 Å². The highest BCUT2D eigenvalue weighted by atomic mass is 32.1. The highest BCUT2D eigenvalue weighted by Gasteiger charge is 2.03. The molecule has 92 valence electrons. The van der Waals surface area contributed by atoms with Gasteiger partial charge in [-0.15, -0.1) is 11.3 Å². The van der Waals surface area contributed by atoms with Gasteiger partial charge < -0.3 is 0 Å². The van der Waals surface area contributed by atoms with Crippen molar-refractivity contribution in [2.24, 2.45) is 0 Å². The Morgan fingerprint density at radius 2 is 1.37 bits per heavy atom. The second-order valence-corrected chi connectivity index (χ2v) is 5.26. The van der Waals surface area contributed by atoms with Crippen molar-refractivity contribution in [2.45, 2.75) is 0 Å². The summed E-state index contributed by atoms with van der Waals surface area (Å²) < 4.78 is 0. The zero-order valence-corrected chi connectivity index (χ0v) is 11.3. The van der Waals surface area contributed by atoms with E-state index in [2.05, 4.69) is 78.2 Å². The van der Waals surface area contributed by atoms with Crippen molar-refractivity contribution in [3.05, 3.63) is 82.6 Å². The maximum absolute atomic E-state index is 2.20. The molecule has 0 N–H and O–H groups in total. The molecule has 0 amide bonds. The molecule has 0 atom stereocenters. The summed E-state index contributed by atoms with van der Waals surface area (Å²) in [6.07, 6.45) is 4.36. The van der Waals surface area contributed by atoms with Crippen LogP contribution in [0.25, 0.3) is 23.3 Å². The summed E-state index contributed by atoms with van der Waals surface area (Å²) >= 11 is 1.78. The lowest BCUT2D eigenvalue weighted by Gasteiger charge is -2.00. The Labute approximate surface area is 117 Å². The van der Waals surface area contributed by atoms with Gasteiger partial charge in [0.05, 0.1) is 0 Å². The second kappa shape index (κ2) is 5.68. The monoisotopic (exact) mass is 262 g/mol. The third kappa shape index (κ3) is 2.83. The predicted molar refractivity (Wildman–Crippen MR) is 85.1 cm³/mol. The lowest BCUT2D eigenvalue weighted by molar-refractivity contribution is 1.66. The quantitative estimate of drug-likeness (QED) is 0.577. The van der Waals surface area contributed by atoms with Crippen molar-refractivity contribution < 1.29 is 0 Å². The van der Waals surface area contributed by atoms with Gasteiger partial charge in [0, 0.05) is 4.88 Å². The zero-order chi connectivity index (χ0) is 12.9. The first-order valence-electron chi connectivity index (χ1n) is 6.29. The predicted octanol–water partition coefficient (Wildman–Crippen LogP) is 5.59. The average molecular weight is 262 g/mol. The second-order valence-electron chi connectivity index (χ2n) is 4.31. The molecule has 2 aromatic carbocycles. The normalized spacial score (nSPS) is 10.9. The standard InChI is InChI=1S/C18H14S/c1-3-7-15(8-4-1)11-12-18-17(13-14-19-18)16-9-5-2-6-10-16/h1-14H/b12-11-. The lowest BCUT2D eigenvalue weighted by Crippen LogP contribution is -1.75. The summed E-state index contributed by atoms with van der Waals surface area (Å²) in [5.74, 6) is 0. The van der Waals surface area contributed by atoms with E-state index in [0.29, 0.717) is 0 Å². The number of rotatable bonds is 3. The van der Waals surface area contributed by atoms with Gasteiger partial charge in [0.15, 0.2) is 0 Å². The first-order valence-corrected chi connectivity index (χ1v) is 7.17.